The normalized spacial score (nSPS) is 12.0. The minimum atomic E-state index is -0.833. The second-order valence-corrected chi connectivity index (χ2v) is 7.50. The third-order valence-corrected chi connectivity index (χ3v) is 5.89. The molecule has 0 heterocycles. The van der Waals surface area contributed by atoms with Gasteiger partial charge in [0.2, 0.25) is 0 Å². The molecule has 2 nitrogen and oxygen atoms in total. The Morgan fingerprint density at radius 1 is 0.464 bits per heavy atom. The monoisotopic (exact) mass is 360 g/mol. The summed E-state index contributed by atoms with van der Waals surface area (Å²) in [5.41, 5.74) is 0. The van der Waals surface area contributed by atoms with Crippen LogP contribution in [-0.2, 0) is 4.79 Å². The van der Waals surface area contributed by atoms with Crippen LogP contribution in [-0.4, -0.2) is 11.1 Å². The molecule has 132 valence electrons. The summed E-state index contributed by atoms with van der Waals surface area (Å²) in [6.45, 7) is 1.08. The molecule has 0 bridgehead atoms. The van der Waals surface area contributed by atoms with E-state index < -0.39 is 5.97 Å². The first kappa shape index (κ1) is 15.4. The zero-order valence-electron chi connectivity index (χ0n) is 15.3. The van der Waals surface area contributed by atoms with Gasteiger partial charge >= 0.3 is 0 Å². The Morgan fingerprint density at radius 2 is 0.571 bits per heavy atom. The van der Waals surface area contributed by atoms with Gasteiger partial charge in [0.05, 0.1) is 0 Å². The molecule has 0 saturated carbocycles. The molecule has 2 heteroatoms. The van der Waals surface area contributed by atoms with Gasteiger partial charge in [-0.05, 0) is 64.6 Å². The largest absolute Gasteiger partial charge is 0.481 e. The van der Waals surface area contributed by atoms with E-state index in [2.05, 4.69) is 72.8 Å². The molecule has 7 aromatic rings. The van der Waals surface area contributed by atoms with Crippen molar-refractivity contribution in [3.8, 4) is 0 Å². The van der Waals surface area contributed by atoms with Crippen LogP contribution < -0.4 is 0 Å². The van der Waals surface area contributed by atoms with Crippen molar-refractivity contribution in [2.45, 2.75) is 6.92 Å². The van der Waals surface area contributed by atoms with Crippen molar-refractivity contribution in [3.63, 3.8) is 0 Å². The van der Waals surface area contributed by atoms with Gasteiger partial charge in [-0.3, -0.25) is 4.79 Å². The van der Waals surface area contributed by atoms with Crippen molar-refractivity contribution in [1.82, 2.24) is 0 Å². The lowest BCUT2D eigenvalue weighted by Crippen LogP contribution is -1.91. The summed E-state index contributed by atoms with van der Waals surface area (Å²) < 4.78 is 0. The maximum Gasteiger partial charge on any atom is 0.300 e. The first-order valence-corrected chi connectivity index (χ1v) is 9.39. The fourth-order valence-electron chi connectivity index (χ4n) is 4.89. The topological polar surface area (TPSA) is 37.3 Å². The van der Waals surface area contributed by atoms with Gasteiger partial charge in [-0.15, -0.1) is 0 Å². The van der Waals surface area contributed by atoms with Crippen LogP contribution in [0.3, 0.4) is 0 Å². The molecular weight excluding hydrogens is 344 g/mol. The summed E-state index contributed by atoms with van der Waals surface area (Å²) >= 11 is 0. The number of rotatable bonds is 0. The molecule has 0 aromatic heterocycles. The Hall–Kier alpha value is -3.65. The van der Waals surface area contributed by atoms with E-state index in [1.165, 1.54) is 64.6 Å². The van der Waals surface area contributed by atoms with Gasteiger partial charge in [-0.25, -0.2) is 0 Å². The second-order valence-electron chi connectivity index (χ2n) is 7.50. The minimum Gasteiger partial charge on any atom is -0.481 e. The standard InChI is InChI=1S/C24H12.C2H4O2/c1-2-14-5-6-16-9-11-18-12-10-17-8-7-15-4-3-13(1)19-20(14)22(16)24(18)23(17)21(15)19;1-2(3)4/h1-12H;1H3,(H,3,4). The number of aliphatic carboxylic acids is 1. The van der Waals surface area contributed by atoms with Gasteiger partial charge < -0.3 is 5.11 Å². The Kier molecular flexibility index (Phi) is 2.86. The molecule has 0 radical (unpaired) electrons. The van der Waals surface area contributed by atoms with E-state index in [0.717, 1.165) is 6.92 Å². The number of carboxylic acids is 1. The van der Waals surface area contributed by atoms with Crippen LogP contribution in [0.5, 0.6) is 0 Å². The van der Waals surface area contributed by atoms with Crippen molar-refractivity contribution in [2.24, 2.45) is 0 Å². The summed E-state index contributed by atoms with van der Waals surface area (Å²) in [7, 11) is 0. The molecule has 0 aliphatic heterocycles. The predicted molar refractivity (Wildman–Crippen MR) is 118 cm³/mol. The molecule has 1 N–H and O–H groups in total. The molecule has 0 fully saturated rings. The van der Waals surface area contributed by atoms with Crippen LogP contribution in [0.1, 0.15) is 6.92 Å². The van der Waals surface area contributed by atoms with Gasteiger partial charge in [-0.2, -0.15) is 0 Å². The average Bonchev–Trinajstić information content (AvgIpc) is 2.71. The molecule has 0 atom stereocenters. The number of hydrogen-bond acceptors (Lipinski definition) is 1. The average molecular weight is 360 g/mol. The molecule has 0 spiro atoms. The number of carbonyl (C=O) groups is 1. The van der Waals surface area contributed by atoms with Crippen molar-refractivity contribution >= 4 is 70.6 Å². The maximum atomic E-state index is 9.00. The van der Waals surface area contributed by atoms with E-state index in [1.807, 2.05) is 0 Å². The van der Waals surface area contributed by atoms with Crippen LogP contribution >= 0.6 is 0 Å². The molecule has 0 saturated heterocycles. The van der Waals surface area contributed by atoms with E-state index in [4.69, 9.17) is 9.90 Å². The summed E-state index contributed by atoms with van der Waals surface area (Å²) in [6.07, 6.45) is 0. The van der Waals surface area contributed by atoms with Gasteiger partial charge in [0, 0.05) is 6.92 Å². The third-order valence-electron chi connectivity index (χ3n) is 5.89. The summed E-state index contributed by atoms with van der Waals surface area (Å²) in [4.78, 5) is 9.00. The minimum absolute atomic E-state index is 0.833. The second kappa shape index (κ2) is 5.20. The third kappa shape index (κ3) is 1.84. The van der Waals surface area contributed by atoms with Crippen LogP contribution in [0.4, 0.5) is 0 Å². The lowest BCUT2D eigenvalue weighted by atomic mass is 9.83. The van der Waals surface area contributed by atoms with E-state index in [-0.39, 0.29) is 0 Å². The fourth-order valence-corrected chi connectivity index (χ4v) is 4.89. The SMILES string of the molecule is CC(=O)O.c1cc2ccc3ccc4ccc5ccc6ccc1c1c2c3c4c5c61. The summed E-state index contributed by atoms with van der Waals surface area (Å²) in [5.74, 6) is -0.833. The predicted octanol–water partition coefficient (Wildman–Crippen LogP) is 7.01. The van der Waals surface area contributed by atoms with E-state index >= 15 is 0 Å². The highest BCUT2D eigenvalue weighted by Gasteiger charge is 2.19. The molecule has 7 aromatic carbocycles. The molecule has 0 aliphatic rings. The Labute approximate surface area is 160 Å². The van der Waals surface area contributed by atoms with E-state index in [9.17, 15) is 0 Å². The van der Waals surface area contributed by atoms with Crippen LogP contribution in [0.25, 0.3) is 64.6 Å². The highest BCUT2D eigenvalue weighted by molar-refractivity contribution is 6.44. The van der Waals surface area contributed by atoms with Crippen LogP contribution in [0, 0.1) is 0 Å². The zero-order chi connectivity index (χ0) is 19.0. The quantitative estimate of drug-likeness (QED) is 0.233. The van der Waals surface area contributed by atoms with Crippen molar-refractivity contribution in [3.05, 3.63) is 72.8 Å². The van der Waals surface area contributed by atoms with Crippen LogP contribution in [0.2, 0.25) is 0 Å². The first-order valence-electron chi connectivity index (χ1n) is 9.39. The first-order chi connectivity index (χ1) is 13.6. The Balaban J connectivity index is 0.000000359. The molecule has 7 rings (SSSR count). The fraction of sp³-hybridized carbons (Fsp3) is 0.0385. The number of benzene rings is 7. The lowest BCUT2D eigenvalue weighted by Gasteiger charge is -2.20. The molecule has 0 amide bonds. The smallest absolute Gasteiger partial charge is 0.300 e. The van der Waals surface area contributed by atoms with Crippen molar-refractivity contribution in [2.75, 3.05) is 0 Å². The summed E-state index contributed by atoms with van der Waals surface area (Å²) in [5, 5.41) is 24.1. The zero-order valence-corrected chi connectivity index (χ0v) is 15.3. The highest BCUT2D eigenvalue weighted by Crippen LogP contribution is 2.47. The highest BCUT2D eigenvalue weighted by atomic mass is 16.4. The molecule has 0 unspecified atom stereocenters. The molecule has 0 aliphatic carbocycles. The van der Waals surface area contributed by atoms with Crippen molar-refractivity contribution < 1.29 is 9.90 Å². The van der Waals surface area contributed by atoms with E-state index in [1.54, 1.807) is 0 Å². The van der Waals surface area contributed by atoms with Crippen molar-refractivity contribution in [1.29, 1.82) is 0 Å². The molecule has 28 heavy (non-hydrogen) atoms. The van der Waals surface area contributed by atoms with Gasteiger partial charge in [-0.1, -0.05) is 72.8 Å². The van der Waals surface area contributed by atoms with Gasteiger partial charge in [0.25, 0.3) is 5.97 Å². The molecular formula is C26H16O2. The van der Waals surface area contributed by atoms with Crippen LogP contribution in [0.15, 0.2) is 72.8 Å². The number of hydrogen-bond donors (Lipinski definition) is 1. The van der Waals surface area contributed by atoms with Gasteiger partial charge in [0.15, 0.2) is 0 Å². The summed E-state index contributed by atoms with van der Waals surface area (Å²) in [6, 6.07) is 27.3. The Bertz CT molecular complexity index is 1240. The lowest BCUT2D eigenvalue weighted by molar-refractivity contribution is -0.134. The number of carboxylic acid groups (broad SMARTS) is 1. The van der Waals surface area contributed by atoms with E-state index in [0.29, 0.717) is 0 Å². The maximum absolute atomic E-state index is 9.00. The van der Waals surface area contributed by atoms with Gasteiger partial charge in [0.1, 0.15) is 0 Å². The Morgan fingerprint density at radius 3 is 0.679 bits per heavy atom.